The summed E-state index contributed by atoms with van der Waals surface area (Å²) in [6, 6.07) is 7.04. The van der Waals surface area contributed by atoms with Crippen LogP contribution in [0.3, 0.4) is 0 Å². The Morgan fingerprint density at radius 3 is 3.06 bits per heavy atom. The summed E-state index contributed by atoms with van der Waals surface area (Å²) < 4.78 is 1.17. The summed E-state index contributed by atoms with van der Waals surface area (Å²) in [6.07, 6.45) is 2.40. The van der Waals surface area contributed by atoms with E-state index in [1.807, 2.05) is 0 Å². The van der Waals surface area contributed by atoms with Gasteiger partial charge in [0.2, 0.25) is 0 Å². The van der Waals surface area contributed by atoms with Gasteiger partial charge in [0.1, 0.15) is 0 Å². The van der Waals surface area contributed by atoms with Gasteiger partial charge in [0.25, 0.3) is 0 Å². The number of nitrogens with zero attached hydrogens (tertiary/aromatic N) is 1. The van der Waals surface area contributed by atoms with Gasteiger partial charge in [-0.3, -0.25) is 0 Å². The average Bonchev–Trinajstić information content (AvgIpc) is 2.40. The van der Waals surface area contributed by atoms with Crippen LogP contribution >= 0.6 is 15.9 Å². The number of hydrogen-bond acceptors (Lipinski definition) is 3. The number of aryl methyl sites for hydroxylation is 1. The Bertz CT molecular complexity index is 397. The fourth-order valence-electron chi connectivity index (χ4n) is 2.43. The lowest BCUT2D eigenvalue weighted by Crippen LogP contribution is -2.46. The second-order valence-corrected chi connectivity index (χ2v) is 5.75. The third kappa shape index (κ3) is 3.46. The highest BCUT2D eigenvalue weighted by atomic mass is 79.9. The molecule has 0 aromatic heterocycles. The number of benzene rings is 1. The summed E-state index contributed by atoms with van der Waals surface area (Å²) in [5.41, 5.74) is 2.55. The molecule has 4 heteroatoms. The first kappa shape index (κ1) is 13.8. The number of anilines is 1. The number of piperidine rings is 1. The van der Waals surface area contributed by atoms with Crippen molar-refractivity contribution < 1.29 is 5.11 Å². The smallest absolute Gasteiger partial charge is 0.0556 e. The monoisotopic (exact) mass is 312 g/mol. The van der Waals surface area contributed by atoms with Crippen molar-refractivity contribution >= 4 is 21.6 Å². The number of aliphatic hydroxyl groups is 1. The Morgan fingerprint density at radius 1 is 1.50 bits per heavy atom. The van der Waals surface area contributed by atoms with Crippen molar-refractivity contribution in [2.45, 2.75) is 25.8 Å². The molecule has 1 saturated heterocycles. The van der Waals surface area contributed by atoms with E-state index in [0.29, 0.717) is 12.6 Å². The molecule has 0 spiro atoms. The van der Waals surface area contributed by atoms with Crippen LogP contribution in [0.15, 0.2) is 22.7 Å². The lowest BCUT2D eigenvalue weighted by molar-refractivity contribution is 0.278. The molecular formula is C14H21BrN2O. The normalized spacial score (nSPS) is 20.2. The fraction of sp³-hybridized carbons (Fsp3) is 0.571. The third-order valence-corrected chi connectivity index (χ3v) is 4.34. The molecule has 1 aliphatic heterocycles. The van der Waals surface area contributed by atoms with E-state index in [-0.39, 0.29) is 6.61 Å². The standard InChI is InChI=1S/C14H21BrN2O/c1-11-4-5-13(9-14(11)15)17-7-2-3-12(10-17)16-6-8-18/h4-5,9,12,16,18H,2-3,6-8,10H2,1H3. The molecule has 1 aromatic rings. The van der Waals surface area contributed by atoms with Crippen LogP contribution in [0.25, 0.3) is 0 Å². The minimum absolute atomic E-state index is 0.215. The van der Waals surface area contributed by atoms with Crippen molar-refractivity contribution in [1.29, 1.82) is 0 Å². The van der Waals surface area contributed by atoms with Crippen molar-refractivity contribution in [3.05, 3.63) is 28.2 Å². The van der Waals surface area contributed by atoms with E-state index in [2.05, 4.69) is 51.3 Å². The highest BCUT2D eigenvalue weighted by molar-refractivity contribution is 9.10. The van der Waals surface area contributed by atoms with Crippen molar-refractivity contribution in [3.63, 3.8) is 0 Å². The SMILES string of the molecule is Cc1ccc(N2CCCC(NCCO)C2)cc1Br. The zero-order valence-corrected chi connectivity index (χ0v) is 12.4. The number of nitrogens with one attached hydrogen (secondary N) is 1. The molecule has 3 nitrogen and oxygen atoms in total. The minimum atomic E-state index is 0.215. The van der Waals surface area contributed by atoms with E-state index in [1.165, 1.54) is 28.6 Å². The van der Waals surface area contributed by atoms with Crippen molar-refractivity contribution in [3.8, 4) is 0 Å². The summed E-state index contributed by atoms with van der Waals surface area (Å²) in [6.45, 7) is 5.15. The van der Waals surface area contributed by atoms with E-state index in [0.717, 1.165) is 13.1 Å². The molecule has 18 heavy (non-hydrogen) atoms. The van der Waals surface area contributed by atoms with Crippen LogP contribution in [0.4, 0.5) is 5.69 Å². The van der Waals surface area contributed by atoms with Gasteiger partial charge in [-0.1, -0.05) is 22.0 Å². The molecule has 100 valence electrons. The first-order chi connectivity index (χ1) is 8.70. The van der Waals surface area contributed by atoms with Crippen LogP contribution < -0.4 is 10.2 Å². The summed E-state index contributed by atoms with van der Waals surface area (Å²) in [7, 11) is 0. The molecule has 1 aliphatic rings. The molecule has 0 saturated carbocycles. The molecule has 1 heterocycles. The molecule has 0 radical (unpaired) electrons. The van der Waals surface area contributed by atoms with Crippen molar-refractivity contribution in [2.24, 2.45) is 0 Å². The molecule has 1 aromatic carbocycles. The summed E-state index contributed by atoms with van der Waals surface area (Å²) in [4.78, 5) is 2.42. The first-order valence-corrected chi connectivity index (χ1v) is 7.35. The summed E-state index contributed by atoms with van der Waals surface area (Å²) >= 11 is 3.59. The quantitative estimate of drug-likeness (QED) is 0.895. The average molecular weight is 313 g/mol. The van der Waals surface area contributed by atoms with E-state index in [9.17, 15) is 0 Å². The van der Waals surface area contributed by atoms with Crippen molar-refractivity contribution in [1.82, 2.24) is 5.32 Å². The first-order valence-electron chi connectivity index (χ1n) is 6.56. The Morgan fingerprint density at radius 2 is 2.33 bits per heavy atom. The van der Waals surface area contributed by atoms with Gasteiger partial charge in [0.05, 0.1) is 6.61 Å². The van der Waals surface area contributed by atoms with Gasteiger partial charge in [0.15, 0.2) is 0 Å². The maximum absolute atomic E-state index is 8.86. The van der Waals surface area contributed by atoms with Crippen LogP contribution in [0.2, 0.25) is 0 Å². The Hall–Kier alpha value is -0.580. The second-order valence-electron chi connectivity index (χ2n) is 4.90. The largest absolute Gasteiger partial charge is 0.395 e. The third-order valence-electron chi connectivity index (χ3n) is 3.49. The lowest BCUT2D eigenvalue weighted by atomic mass is 10.0. The molecule has 0 bridgehead atoms. The van der Waals surface area contributed by atoms with E-state index in [4.69, 9.17) is 5.11 Å². The Kier molecular flexibility index (Phi) is 5.03. The maximum atomic E-state index is 8.86. The van der Waals surface area contributed by atoms with Crippen LogP contribution in [0, 0.1) is 6.92 Å². The molecule has 2 N–H and O–H groups in total. The highest BCUT2D eigenvalue weighted by Crippen LogP contribution is 2.25. The van der Waals surface area contributed by atoms with Crippen LogP contribution in [-0.4, -0.2) is 37.4 Å². The number of aliphatic hydroxyl groups excluding tert-OH is 1. The van der Waals surface area contributed by atoms with Gasteiger partial charge in [-0.05, 0) is 37.5 Å². The van der Waals surface area contributed by atoms with Crippen LogP contribution in [0.5, 0.6) is 0 Å². The van der Waals surface area contributed by atoms with Gasteiger partial charge in [0, 0.05) is 35.8 Å². The molecule has 1 fully saturated rings. The van der Waals surface area contributed by atoms with E-state index >= 15 is 0 Å². The van der Waals surface area contributed by atoms with Crippen LogP contribution in [-0.2, 0) is 0 Å². The van der Waals surface area contributed by atoms with Gasteiger partial charge in [-0.25, -0.2) is 0 Å². The van der Waals surface area contributed by atoms with Crippen LogP contribution in [0.1, 0.15) is 18.4 Å². The molecule has 2 rings (SSSR count). The van der Waals surface area contributed by atoms with E-state index in [1.54, 1.807) is 0 Å². The predicted molar refractivity (Wildman–Crippen MR) is 79.2 cm³/mol. The molecule has 1 unspecified atom stereocenters. The molecule has 0 aliphatic carbocycles. The lowest BCUT2D eigenvalue weighted by Gasteiger charge is -2.35. The number of halogens is 1. The van der Waals surface area contributed by atoms with Gasteiger partial charge in [-0.2, -0.15) is 0 Å². The molecular weight excluding hydrogens is 292 g/mol. The Balaban J connectivity index is 2.01. The zero-order chi connectivity index (χ0) is 13.0. The zero-order valence-electron chi connectivity index (χ0n) is 10.8. The van der Waals surface area contributed by atoms with Gasteiger partial charge < -0.3 is 15.3 Å². The van der Waals surface area contributed by atoms with Crippen molar-refractivity contribution in [2.75, 3.05) is 31.1 Å². The molecule has 0 amide bonds. The second kappa shape index (κ2) is 6.55. The minimum Gasteiger partial charge on any atom is -0.395 e. The predicted octanol–water partition coefficient (Wildman–Crippen LogP) is 2.31. The Labute approximate surface area is 117 Å². The fourth-order valence-corrected chi connectivity index (χ4v) is 2.79. The molecule has 1 atom stereocenters. The number of hydrogen-bond donors (Lipinski definition) is 2. The van der Waals surface area contributed by atoms with E-state index < -0.39 is 0 Å². The maximum Gasteiger partial charge on any atom is 0.0556 e. The number of rotatable bonds is 4. The topological polar surface area (TPSA) is 35.5 Å². The highest BCUT2D eigenvalue weighted by Gasteiger charge is 2.19. The van der Waals surface area contributed by atoms with Gasteiger partial charge >= 0.3 is 0 Å². The summed E-state index contributed by atoms with van der Waals surface area (Å²) in [5, 5.41) is 12.3. The van der Waals surface area contributed by atoms with Gasteiger partial charge in [-0.15, -0.1) is 0 Å². The summed E-state index contributed by atoms with van der Waals surface area (Å²) in [5.74, 6) is 0.